The molecule has 0 radical (unpaired) electrons. The summed E-state index contributed by atoms with van der Waals surface area (Å²) in [5, 5.41) is 0. The van der Waals surface area contributed by atoms with Crippen LogP contribution in [-0.4, -0.2) is 19.1 Å². The van der Waals surface area contributed by atoms with E-state index in [0.29, 0.717) is 0 Å². The van der Waals surface area contributed by atoms with Crippen LogP contribution >= 0.6 is 0 Å². The first-order chi connectivity index (χ1) is 8.98. The zero-order valence-electron chi connectivity index (χ0n) is 12.7. The van der Waals surface area contributed by atoms with Gasteiger partial charge in [-0.2, -0.15) is 0 Å². The van der Waals surface area contributed by atoms with Gasteiger partial charge in [-0.25, -0.2) is 0 Å². The fourth-order valence-corrected chi connectivity index (χ4v) is 3.20. The Labute approximate surface area is 118 Å². The molecule has 2 N–H and O–H groups in total. The molecule has 0 heterocycles. The zero-order valence-corrected chi connectivity index (χ0v) is 12.7. The Bertz CT molecular complexity index is 399. The van der Waals surface area contributed by atoms with E-state index in [9.17, 15) is 0 Å². The van der Waals surface area contributed by atoms with Crippen molar-refractivity contribution in [2.45, 2.75) is 57.9 Å². The van der Waals surface area contributed by atoms with Gasteiger partial charge in [0.25, 0.3) is 0 Å². The summed E-state index contributed by atoms with van der Waals surface area (Å²) in [5.74, 6) is 0. The summed E-state index contributed by atoms with van der Waals surface area (Å²) in [6.07, 6.45) is 7.50. The van der Waals surface area contributed by atoms with E-state index in [-0.39, 0.29) is 5.54 Å². The molecule has 1 aliphatic carbocycles. The van der Waals surface area contributed by atoms with Crippen LogP contribution in [-0.2, 0) is 0 Å². The van der Waals surface area contributed by atoms with Crippen LogP contribution in [0.2, 0.25) is 0 Å². The second-order valence-electron chi connectivity index (χ2n) is 6.44. The van der Waals surface area contributed by atoms with E-state index in [1.54, 1.807) is 0 Å². The summed E-state index contributed by atoms with van der Waals surface area (Å²) in [5.41, 5.74) is 10.6. The summed E-state index contributed by atoms with van der Waals surface area (Å²) in [6.45, 7) is 5.38. The van der Waals surface area contributed by atoms with Gasteiger partial charge in [0.15, 0.2) is 0 Å². The SMILES string of the molecule is Cc1cc(C)cc(N(C)CCC2(N)CCCCC2)c1. The molecule has 2 nitrogen and oxygen atoms in total. The average molecular weight is 260 g/mol. The summed E-state index contributed by atoms with van der Waals surface area (Å²) in [7, 11) is 2.18. The monoisotopic (exact) mass is 260 g/mol. The van der Waals surface area contributed by atoms with Crippen molar-refractivity contribution in [2.75, 3.05) is 18.5 Å². The molecule has 1 aromatic rings. The molecule has 0 aliphatic heterocycles. The highest BCUT2D eigenvalue weighted by Gasteiger charge is 2.27. The Hall–Kier alpha value is -1.02. The molecule has 0 saturated heterocycles. The Morgan fingerprint density at radius 3 is 2.21 bits per heavy atom. The molecule has 1 saturated carbocycles. The molecule has 1 fully saturated rings. The van der Waals surface area contributed by atoms with Gasteiger partial charge in [-0.1, -0.05) is 25.3 Å². The molecule has 1 aliphatic rings. The van der Waals surface area contributed by atoms with Crippen LogP contribution in [0.25, 0.3) is 0 Å². The molecule has 0 unspecified atom stereocenters. The quantitative estimate of drug-likeness (QED) is 0.892. The van der Waals surface area contributed by atoms with E-state index >= 15 is 0 Å². The number of benzene rings is 1. The first-order valence-corrected chi connectivity index (χ1v) is 7.57. The fourth-order valence-electron chi connectivity index (χ4n) is 3.20. The fraction of sp³-hybridized carbons (Fsp3) is 0.647. The Morgan fingerprint density at radius 1 is 1.05 bits per heavy atom. The lowest BCUT2D eigenvalue weighted by molar-refractivity contribution is 0.280. The lowest BCUT2D eigenvalue weighted by Gasteiger charge is -2.35. The molecule has 2 rings (SSSR count). The number of hydrogen-bond acceptors (Lipinski definition) is 2. The normalized spacial score (nSPS) is 18.3. The minimum absolute atomic E-state index is 0.0887. The highest BCUT2D eigenvalue weighted by Crippen LogP contribution is 2.29. The molecule has 1 aromatic carbocycles. The van der Waals surface area contributed by atoms with Gasteiger partial charge in [0.1, 0.15) is 0 Å². The van der Waals surface area contributed by atoms with Gasteiger partial charge in [-0.05, 0) is 56.4 Å². The predicted molar refractivity (Wildman–Crippen MR) is 83.8 cm³/mol. The van der Waals surface area contributed by atoms with E-state index in [2.05, 4.69) is 44.0 Å². The highest BCUT2D eigenvalue weighted by molar-refractivity contribution is 5.50. The van der Waals surface area contributed by atoms with Crippen molar-refractivity contribution in [3.05, 3.63) is 29.3 Å². The molecule has 19 heavy (non-hydrogen) atoms. The predicted octanol–water partition coefficient (Wildman–Crippen LogP) is 3.79. The van der Waals surface area contributed by atoms with E-state index < -0.39 is 0 Å². The van der Waals surface area contributed by atoms with Crippen LogP contribution in [0.4, 0.5) is 5.69 Å². The second kappa shape index (κ2) is 5.96. The van der Waals surface area contributed by atoms with Crippen LogP contribution in [0.3, 0.4) is 0 Å². The highest BCUT2D eigenvalue weighted by atomic mass is 15.1. The number of aryl methyl sites for hydroxylation is 2. The van der Waals surface area contributed by atoms with Crippen molar-refractivity contribution in [1.29, 1.82) is 0 Å². The Morgan fingerprint density at radius 2 is 1.63 bits per heavy atom. The van der Waals surface area contributed by atoms with E-state index in [0.717, 1.165) is 13.0 Å². The largest absolute Gasteiger partial charge is 0.375 e. The maximum atomic E-state index is 6.52. The van der Waals surface area contributed by atoms with Crippen LogP contribution in [0.5, 0.6) is 0 Å². The van der Waals surface area contributed by atoms with Gasteiger partial charge >= 0.3 is 0 Å². The first kappa shape index (κ1) is 14.4. The third-order valence-corrected chi connectivity index (χ3v) is 4.44. The van der Waals surface area contributed by atoms with Crippen LogP contribution in [0, 0.1) is 13.8 Å². The third kappa shape index (κ3) is 3.97. The molecule has 0 spiro atoms. The van der Waals surface area contributed by atoms with Crippen LogP contribution < -0.4 is 10.6 Å². The number of rotatable bonds is 4. The molecular weight excluding hydrogens is 232 g/mol. The van der Waals surface area contributed by atoms with Crippen molar-refractivity contribution in [2.24, 2.45) is 5.73 Å². The molecule has 106 valence electrons. The van der Waals surface area contributed by atoms with Gasteiger partial charge < -0.3 is 10.6 Å². The lowest BCUT2D eigenvalue weighted by atomic mass is 9.80. The summed E-state index contributed by atoms with van der Waals surface area (Å²) in [4.78, 5) is 2.35. The van der Waals surface area contributed by atoms with Crippen molar-refractivity contribution in [1.82, 2.24) is 0 Å². The minimum atomic E-state index is 0.0887. The topological polar surface area (TPSA) is 29.3 Å². The molecule has 0 aromatic heterocycles. The van der Waals surface area contributed by atoms with Gasteiger partial charge in [0, 0.05) is 24.8 Å². The van der Waals surface area contributed by atoms with Gasteiger partial charge in [-0.3, -0.25) is 0 Å². The summed E-state index contributed by atoms with van der Waals surface area (Å²) < 4.78 is 0. The van der Waals surface area contributed by atoms with E-state index in [1.807, 2.05) is 0 Å². The van der Waals surface area contributed by atoms with Gasteiger partial charge in [-0.15, -0.1) is 0 Å². The maximum Gasteiger partial charge on any atom is 0.0368 e. The van der Waals surface area contributed by atoms with E-state index in [1.165, 1.54) is 48.9 Å². The second-order valence-corrected chi connectivity index (χ2v) is 6.44. The lowest BCUT2D eigenvalue weighted by Crippen LogP contribution is -2.44. The summed E-state index contributed by atoms with van der Waals surface area (Å²) >= 11 is 0. The Balaban J connectivity index is 1.95. The van der Waals surface area contributed by atoms with Crippen molar-refractivity contribution >= 4 is 5.69 Å². The van der Waals surface area contributed by atoms with Crippen molar-refractivity contribution < 1.29 is 0 Å². The molecule has 0 bridgehead atoms. The van der Waals surface area contributed by atoms with Gasteiger partial charge in [0.2, 0.25) is 0 Å². The Kier molecular flexibility index (Phi) is 4.51. The molecule has 0 atom stereocenters. The molecular formula is C17H28N2. The zero-order chi connectivity index (χ0) is 13.9. The summed E-state index contributed by atoms with van der Waals surface area (Å²) in [6, 6.07) is 6.75. The maximum absolute atomic E-state index is 6.52. The average Bonchev–Trinajstić information content (AvgIpc) is 2.36. The van der Waals surface area contributed by atoms with Crippen LogP contribution in [0.1, 0.15) is 49.7 Å². The van der Waals surface area contributed by atoms with Crippen molar-refractivity contribution in [3.8, 4) is 0 Å². The molecule has 0 amide bonds. The standard InChI is InChI=1S/C17H28N2/c1-14-11-15(2)13-16(12-14)19(3)10-9-17(18)7-5-4-6-8-17/h11-13H,4-10,18H2,1-3H3. The van der Waals surface area contributed by atoms with Gasteiger partial charge in [0.05, 0.1) is 0 Å². The van der Waals surface area contributed by atoms with Crippen LogP contribution in [0.15, 0.2) is 18.2 Å². The van der Waals surface area contributed by atoms with Crippen molar-refractivity contribution in [3.63, 3.8) is 0 Å². The number of nitrogens with two attached hydrogens (primary N) is 1. The first-order valence-electron chi connectivity index (χ1n) is 7.57. The van der Waals surface area contributed by atoms with E-state index in [4.69, 9.17) is 5.73 Å². The number of nitrogens with zero attached hydrogens (tertiary/aromatic N) is 1. The number of hydrogen-bond donors (Lipinski definition) is 1. The minimum Gasteiger partial charge on any atom is -0.375 e. The third-order valence-electron chi connectivity index (χ3n) is 4.44. The molecule has 2 heteroatoms. The smallest absolute Gasteiger partial charge is 0.0368 e. The number of anilines is 1.